The van der Waals surface area contributed by atoms with E-state index in [0.717, 1.165) is 0 Å². The highest BCUT2D eigenvalue weighted by Crippen LogP contribution is 2.21. The number of carbonyl (C=O) groups is 1. The molecule has 23 heavy (non-hydrogen) atoms. The van der Waals surface area contributed by atoms with Crippen molar-refractivity contribution in [3.05, 3.63) is 49.6 Å². The van der Waals surface area contributed by atoms with E-state index in [0.29, 0.717) is 5.69 Å². The number of carbonyl (C=O) groups excluding carboxylic acids is 1. The summed E-state index contributed by atoms with van der Waals surface area (Å²) < 4.78 is 26.4. The minimum absolute atomic E-state index is 0.131. The summed E-state index contributed by atoms with van der Waals surface area (Å²) in [5.41, 5.74) is 0.0398. The van der Waals surface area contributed by atoms with Gasteiger partial charge in [0.1, 0.15) is 0 Å². The number of nitrogens with zero attached hydrogens (tertiary/aromatic N) is 1. The first-order valence-electron chi connectivity index (χ1n) is 7.26. The molecule has 0 heterocycles. The Hall–Kier alpha value is -1.92. The molecule has 1 N–H and O–H groups in total. The van der Waals surface area contributed by atoms with Crippen molar-refractivity contribution in [2.45, 2.75) is 25.7 Å². The highest BCUT2D eigenvalue weighted by Gasteiger charge is 2.23. The molecule has 0 bridgehead atoms. The van der Waals surface area contributed by atoms with Crippen molar-refractivity contribution in [3.63, 3.8) is 0 Å². The minimum Gasteiger partial charge on any atom is -0.326 e. The van der Waals surface area contributed by atoms with Crippen LogP contribution in [0.5, 0.6) is 0 Å². The summed E-state index contributed by atoms with van der Waals surface area (Å²) in [6, 6.07) is 6.12. The van der Waals surface area contributed by atoms with Crippen molar-refractivity contribution in [1.29, 1.82) is 0 Å². The maximum absolute atomic E-state index is 12.5. The lowest BCUT2D eigenvalue weighted by atomic mass is 9.95. The molecule has 1 rings (SSSR count). The summed E-state index contributed by atoms with van der Waals surface area (Å²) in [4.78, 5) is 12.1. The second-order valence-electron chi connectivity index (χ2n) is 6.13. The second kappa shape index (κ2) is 7.57. The molecule has 0 saturated heterocycles. The number of hydrogen-bond donors (Lipinski definition) is 1. The smallest absolute Gasteiger partial charge is 0.243 e. The van der Waals surface area contributed by atoms with Gasteiger partial charge in [-0.25, -0.2) is 8.42 Å². The summed E-state index contributed by atoms with van der Waals surface area (Å²) in [6.45, 7) is 13.0. The molecule has 1 amide bonds. The summed E-state index contributed by atoms with van der Waals surface area (Å²) in [5, 5.41) is 2.76. The van der Waals surface area contributed by atoms with Crippen molar-refractivity contribution in [3.8, 4) is 0 Å². The Morgan fingerprint density at radius 3 is 2.00 bits per heavy atom. The van der Waals surface area contributed by atoms with Crippen LogP contribution >= 0.6 is 0 Å². The van der Waals surface area contributed by atoms with Crippen LogP contribution < -0.4 is 5.32 Å². The molecule has 0 aliphatic carbocycles. The first-order chi connectivity index (χ1) is 10.6. The molecule has 0 aliphatic rings. The van der Waals surface area contributed by atoms with Crippen LogP contribution in [0.2, 0.25) is 0 Å². The van der Waals surface area contributed by atoms with E-state index in [9.17, 15) is 13.2 Å². The zero-order chi connectivity index (χ0) is 17.7. The van der Waals surface area contributed by atoms with Gasteiger partial charge in [-0.15, -0.1) is 13.2 Å². The van der Waals surface area contributed by atoms with Crippen molar-refractivity contribution in [2.24, 2.45) is 5.41 Å². The third-order valence-corrected chi connectivity index (χ3v) is 4.94. The predicted molar refractivity (Wildman–Crippen MR) is 93.7 cm³/mol. The van der Waals surface area contributed by atoms with Crippen LogP contribution in [0.4, 0.5) is 5.69 Å². The van der Waals surface area contributed by atoms with Gasteiger partial charge < -0.3 is 5.32 Å². The van der Waals surface area contributed by atoms with Crippen LogP contribution in [0.15, 0.2) is 54.5 Å². The van der Waals surface area contributed by atoms with E-state index in [4.69, 9.17) is 0 Å². The fourth-order valence-corrected chi connectivity index (χ4v) is 3.12. The van der Waals surface area contributed by atoms with E-state index in [2.05, 4.69) is 18.5 Å². The number of hydrogen-bond acceptors (Lipinski definition) is 3. The molecule has 0 aliphatic heterocycles. The minimum atomic E-state index is -3.62. The molecule has 1 aromatic rings. The summed E-state index contributed by atoms with van der Waals surface area (Å²) >= 11 is 0. The number of nitrogens with one attached hydrogen (secondary N) is 1. The Morgan fingerprint density at radius 2 is 1.61 bits per heavy atom. The lowest BCUT2D eigenvalue weighted by Gasteiger charge is -2.20. The third kappa shape index (κ3) is 5.04. The maximum atomic E-state index is 12.5. The Kier molecular flexibility index (Phi) is 6.29. The summed E-state index contributed by atoms with van der Waals surface area (Å²) in [7, 11) is -3.62. The molecule has 0 radical (unpaired) electrons. The average Bonchev–Trinajstić information content (AvgIpc) is 2.46. The maximum Gasteiger partial charge on any atom is 0.243 e. The van der Waals surface area contributed by atoms with E-state index in [1.807, 2.05) is 20.8 Å². The Morgan fingerprint density at radius 1 is 1.13 bits per heavy atom. The molecule has 0 aromatic heterocycles. The van der Waals surface area contributed by atoms with Gasteiger partial charge in [-0.05, 0) is 24.3 Å². The van der Waals surface area contributed by atoms with Gasteiger partial charge >= 0.3 is 0 Å². The van der Waals surface area contributed by atoms with Gasteiger partial charge in [0.15, 0.2) is 0 Å². The third-order valence-electron chi connectivity index (χ3n) is 3.10. The molecular weight excluding hydrogens is 312 g/mol. The molecule has 126 valence electrons. The van der Waals surface area contributed by atoms with Crippen LogP contribution in [0, 0.1) is 5.41 Å². The van der Waals surface area contributed by atoms with Crippen molar-refractivity contribution >= 4 is 21.6 Å². The zero-order valence-corrected chi connectivity index (χ0v) is 14.7. The number of amides is 1. The van der Waals surface area contributed by atoms with Gasteiger partial charge in [0, 0.05) is 24.2 Å². The predicted octanol–water partition coefficient (Wildman–Crippen LogP) is 3.03. The van der Waals surface area contributed by atoms with E-state index in [1.54, 1.807) is 12.1 Å². The summed E-state index contributed by atoms with van der Waals surface area (Å²) in [6.07, 6.45) is 3.05. The van der Waals surface area contributed by atoms with Gasteiger partial charge in [0.05, 0.1) is 4.90 Å². The highest BCUT2D eigenvalue weighted by atomic mass is 32.2. The fourth-order valence-electron chi connectivity index (χ4n) is 1.74. The molecule has 6 heteroatoms. The van der Waals surface area contributed by atoms with Gasteiger partial charge in [-0.1, -0.05) is 32.9 Å². The molecule has 0 fully saturated rings. The fraction of sp³-hybridized carbons (Fsp3) is 0.353. The lowest BCUT2D eigenvalue weighted by molar-refractivity contribution is -0.123. The Balaban J connectivity index is 3.00. The quantitative estimate of drug-likeness (QED) is 0.778. The van der Waals surface area contributed by atoms with Gasteiger partial charge in [-0.2, -0.15) is 4.31 Å². The lowest BCUT2D eigenvalue weighted by Crippen LogP contribution is -2.31. The van der Waals surface area contributed by atoms with Gasteiger partial charge in [-0.3, -0.25) is 4.79 Å². The van der Waals surface area contributed by atoms with Crippen LogP contribution in [-0.4, -0.2) is 31.7 Å². The molecule has 1 aromatic carbocycles. The Bertz CT molecular complexity index is 661. The zero-order valence-electron chi connectivity index (χ0n) is 13.9. The van der Waals surface area contributed by atoms with Crippen LogP contribution in [-0.2, 0) is 14.8 Å². The molecule has 0 atom stereocenters. The van der Waals surface area contributed by atoms with Crippen LogP contribution in [0.3, 0.4) is 0 Å². The van der Waals surface area contributed by atoms with Crippen molar-refractivity contribution < 1.29 is 13.2 Å². The SMILES string of the molecule is C=CCN(CC=C)S(=O)(=O)c1ccc(NC(=O)C(C)(C)C)cc1. The number of sulfonamides is 1. The van der Waals surface area contributed by atoms with Gasteiger partial charge in [0.25, 0.3) is 0 Å². The highest BCUT2D eigenvalue weighted by molar-refractivity contribution is 7.89. The number of anilines is 1. The molecule has 0 spiro atoms. The topological polar surface area (TPSA) is 66.5 Å². The van der Waals surface area contributed by atoms with Crippen LogP contribution in [0.1, 0.15) is 20.8 Å². The molecule has 5 nitrogen and oxygen atoms in total. The Labute approximate surface area is 138 Å². The molecule has 0 saturated carbocycles. The van der Waals surface area contributed by atoms with E-state index >= 15 is 0 Å². The van der Waals surface area contributed by atoms with E-state index in [-0.39, 0.29) is 23.9 Å². The first-order valence-corrected chi connectivity index (χ1v) is 8.70. The second-order valence-corrected chi connectivity index (χ2v) is 8.07. The standard InChI is InChI=1S/C17H24N2O3S/c1-6-12-19(13-7-2)23(21,22)15-10-8-14(9-11-15)18-16(20)17(3,4)5/h6-11H,1-2,12-13H2,3-5H3,(H,18,20). The number of benzene rings is 1. The monoisotopic (exact) mass is 336 g/mol. The normalized spacial score (nSPS) is 12.0. The first kappa shape index (κ1) is 19.1. The van der Waals surface area contributed by atoms with Crippen molar-refractivity contribution in [2.75, 3.05) is 18.4 Å². The van der Waals surface area contributed by atoms with Gasteiger partial charge in [0.2, 0.25) is 15.9 Å². The van der Waals surface area contributed by atoms with Crippen LogP contribution in [0.25, 0.3) is 0 Å². The van der Waals surface area contributed by atoms with Crippen molar-refractivity contribution in [1.82, 2.24) is 4.31 Å². The number of rotatable bonds is 7. The van der Waals surface area contributed by atoms with E-state index < -0.39 is 15.4 Å². The summed E-state index contributed by atoms with van der Waals surface area (Å²) in [5.74, 6) is -0.131. The molecular formula is C17H24N2O3S. The largest absolute Gasteiger partial charge is 0.326 e. The van der Waals surface area contributed by atoms with E-state index in [1.165, 1.54) is 28.6 Å². The molecule has 0 unspecified atom stereocenters. The average molecular weight is 336 g/mol.